The fraction of sp³-hybridized carbons (Fsp3) is 0.200. The number of nitrogens with zero attached hydrogens (tertiary/aromatic N) is 1. The molecule has 1 unspecified atom stereocenters. The predicted octanol–water partition coefficient (Wildman–Crippen LogP) is 4.56. The van der Waals surface area contributed by atoms with Gasteiger partial charge in [0.1, 0.15) is 6.10 Å². The maximum absolute atomic E-state index is 14.0. The van der Waals surface area contributed by atoms with E-state index >= 15 is 0 Å². The van der Waals surface area contributed by atoms with Crippen LogP contribution in [0.5, 0.6) is 5.75 Å². The fourth-order valence-electron chi connectivity index (χ4n) is 3.76. The first-order chi connectivity index (χ1) is 15.0. The third kappa shape index (κ3) is 4.28. The lowest BCUT2D eigenvalue weighted by molar-refractivity contribution is 0.0252. The maximum atomic E-state index is 14.0. The van der Waals surface area contributed by atoms with Gasteiger partial charge in [-0.3, -0.25) is 4.79 Å². The number of hydrogen-bond acceptors (Lipinski definition) is 4. The Kier molecular flexibility index (Phi) is 5.71. The van der Waals surface area contributed by atoms with Crippen LogP contribution < -0.4 is 4.74 Å². The number of ether oxygens (including phenoxy) is 2. The zero-order chi connectivity index (χ0) is 22.0. The Bertz CT molecular complexity index is 1130. The Morgan fingerprint density at radius 2 is 1.90 bits per heavy atom. The summed E-state index contributed by atoms with van der Waals surface area (Å²) in [6.45, 7) is 0.242. The number of rotatable bonds is 5. The van der Waals surface area contributed by atoms with E-state index < -0.39 is 11.8 Å². The molecule has 0 aliphatic carbocycles. The number of fused-ring (bicyclic) bond motifs is 1. The lowest BCUT2D eigenvalue weighted by Crippen LogP contribution is -2.27. The monoisotopic (exact) mass is 419 g/mol. The molecule has 0 saturated carbocycles. The van der Waals surface area contributed by atoms with Gasteiger partial charge in [-0.1, -0.05) is 36.4 Å². The maximum Gasteiger partial charge on any atom is 0.339 e. The Morgan fingerprint density at radius 3 is 2.61 bits per heavy atom. The van der Waals surface area contributed by atoms with E-state index in [0.29, 0.717) is 23.1 Å². The van der Waals surface area contributed by atoms with E-state index in [1.54, 1.807) is 31.3 Å². The number of esters is 1. The van der Waals surface area contributed by atoms with Crippen LogP contribution in [0.4, 0.5) is 4.39 Å². The predicted molar refractivity (Wildman–Crippen MR) is 113 cm³/mol. The molecular weight excluding hydrogens is 397 g/mol. The highest BCUT2D eigenvalue weighted by molar-refractivity contribution is 5.97. The summed E-state index contributed by atoms with van der Waals surface area (Å²) in [4.78, 5) is 26.9. The third-order valence-corrected chi connectivity index (χ3v) is 5.38. The van der Waals surface area contributed by atoms with Gasteiger partial charge in [0.2, 0.25) is 0 Å². The highest BCUT2D eigenvalue weighted by atomic mass is 19.1. The van der Waals surface area contributed by atoms with E-state index in [9.17, 15) is 14.0 Å². The first-order valence-corrected chi connectivity index (χ1v) is 9.93. The van der Waals surface area contributed by atoms with E-state index in [1.807, 2.05) is 30.3 Å². The molecule has 1 heterocycles. The summed E-state index contributed by atoms with van der Waals surface area (Å²) in [6.07, 6.45) is 0.117. The van der Waals surface area contributed by atoms with Gasteiger partial charge in [-0.25, -0.2) is 9.18 Å². The summed E-state index contributed by atoms with van der Waals surface area (Å²) < 4.78 is 24.5. The molecule has 0 N–H and O–H groups in total. The molecule has 3 aromatic rings. The summed E-state index contributed by atoms with van der Waals surface area (Å²) in [5.41, 5.74) is 3.29. The Balaban J connectivity index is 1.53. The molecule has 0 radical (unpaired) electrons. The van der Waals surface area contributed by atoms with Crippen molar-refractivity contribution in [3.8, 4) is 5.75 Å². The van der Waals surface area contributed by atoms with Crippen molar-refractivity contribution in [3.05, 3.63) is 100 Å². The molecule has 1 aliphatic heterocycles. The van der Waals surface area contributed by atoms with E-state index in [-0.39, 0.29) is 24.3 Å². The van der Waals surface area contributed by atoms with Crippen LogP contribution in [0.2, 0.25) is 0 Å². The quantitative estimate of drug-likeness (QED) is 0.569. The van der Waals surface area contributed by atoms with Crippen LogP contribution in [0.3, 0.4) is 0 Å². The number of hydrogen-bond donors (Lipinski definition) is 0. The molecule has 0 bridgehead atoms. The summed E-state index contributed by atoms with van der Waals surface area (Å²) in [7, 11) is 3.06. The van der Waals surface area contributed by atoms with Gasteiger partial charge in [0.25, 0.3) is 5.91 Å². The SMILES string of the molecule is COc1ccc(CN(C)C(=O)c2ccc3c(c2)CC(c2ccccc2)OC3=O)cc1F. The summed E-state index contributed by atoms with van der Waals surface area (Å²) in [5.74, 6) is -0.919. The topological polar surface area (TPSA) is 55.8 Å². The molecule has 6 heteroatoms. The van der Waals surface area contributed by atoms with Crippen molar-refractivity contribution in [2.24, 2.45) is 0 Å². The smallest absolute Gasteiger partial charge is 0.339 e. The molecule has 31 heavy (non-hydrogen) atoms. The average Bonchev–Trinajstić information content (AvgIpc) is 2.79. The van der Waals surface area contributed by atoms with E-state index in [2.05, 4.69) is 0 Å². The second-order valence-corrected chi connectivity index (χ2v) is 7.51. The molecule has 0 fully saturated rings. The molecule has 0 aromatic heterocycles. The van der Waals surface area contributed by atoms with Gasteiger partial charge in [-0.15, -0.1) is 0 Å². The van der Waals surface area contributed by atoms with Crippen molar-refractivity contribution >= 4 is 11.9 Å². The van der Waals surface area contributed by atoms with Crippen LogP contribution in [0, 0.1) is 5.82 Å². The zero-order valence-electron chi connectivity index (χ0n) is 17.3. The van der Waals surface area contributed by atoms with E-state index in [0.717, 1.165) is 11.1 Å². The molecule has 0 saturated heterocycles. The second kappa shape index (κ2) is 8.60. The minimum atomic E-state index is -0.472. The summed E-state index contributed by atoms with van der Waals surface area (Å²) >= 11 is 0. The Labute approximate surface area is 180 Å². The third-order valence-electron chi connectivity index (χ3n) is 5.38. The van der Waals surface area contributed by atoms with Crippen LogP contribution in [-0.2, 0) is 17.7 Å². The van der Waals surface area contributed by atoms with Gasteiger partial charge in [0, 0.05) is 25.6 Å². The van der Waals surface area contributed by atoms with Crippen molar-refractivity contribution in [2.75, 3.05) is 14.2 Å². The molecule has 0 spiro atoms. The number of cyclic esters (lactones) is 1. The number of carbonyl (C=O) groups is 2. The molecule has 5 nitrogen and oxygen atoms in total. The summed E-state index contributed by atoms with van der Waals surface area (Å²) in [5, 5.41) is 0. The lowest BCUT2D eigenvalue weighted by Gasteiger charge is -2.26. The first-order valence-electron chi connectivity index (χ1n) is 9.93. The Morgan fingerprint density at radius 1 is 1.13 bits per heavy atom. The normalized spacial score (nSPS) is 15.1. The molecule has 1 aliphatic rings. The first kappa shape index (κ1) is 20.6. The molecule has 158 valence electrons. The van der Waals surface area contributed by atoms with E-state index in [4.69, 9.17) is 9.47 Å². The number of methoxy groups -OCH3 is 1. The fourth-order valence-corrected chi connectivity index (χ4v) is 3.76. The minimum Gasteiger partial charge on any atom is -0.494 e. The molecule has 4 rings (SSSR count). The van der Waals surface area contributed by atoms with Gasteiger partial charge in [-0.2, -0.15) is 0 Å². The van der Waals surface area contributed by atoms with E-state index in [1.165, 1.54) is 24.1 Å². The van der Waals surface area contributed by atoms with Crippen LogP contribution >= 0.6 is 0 Å². The number of carbonyl (C=O) groups excluding carboxylic acids is 2. The minimum absolute atomic E-state index is 0.160. The second-order valence-electron chi connectivity index (χ2n) is 7.51. The summed E-state index contributed by atoms with van der Waals surface area (Å²) in [6, 6.07) is 19.2. The molecule has 1 atom stereocenters. The van der Waals surface area contributed by atoms with Crippen molar-refractivity contribution in [2.45, 2.75) is 19.1 Å². The molecule has 3 aromatic carbocycles. The van der Waals surface area contributed by atoms with Crippen LogP contribution in [0.25, 0.3) is 0 Å². The van der Waals surface area contributed by atoms with Crippen molar-refractivity contribution in [1.82, 2.24) is 4.90 Å². The number of benzene rings is 3. The van der Waals surface area contributed by atoms with Gasteiger partial charge in [0.15, 0.2) is 11.6 Å². The van der Waals surface area contributed by atoms with Crippen LogP contribution in [0.1, 0.15) is 43.5 Å². The van der Waals surface area contributed by atoms with Crippen LogP contribution in [-0.4, -0.2) is 30.9 Å². The molecular formula is C25H22FNO4. The zero-order valence-corrected chi connectivity index (χ0v) is 17.3. The van der Waals surface area contributed by atoms with Crippen molar-refractivity contribution < 1.29 is 23.5 Å². The Hall–Kier alpha value is -3.67. The highest BCUT2D eigenvalue weighted by Gasteiger charge is 2.28. The van der Waals surface area contributed by atoms with Gasteiger partial charge in [-0.05, 0) is 47.0 Å². The lowest BCUT2D eigenvalue weighted by atomic mass is 9.93. The largest absolute Gasteiger partial charge is 0.494 e. The van der Waals surface area contributed by atoms with Crippen molar-refractivity contribution in [1.29, 1.82) is 0 Å². The van der Waals surface area contributed by atoms with Crippen molar-refractivity contribution in [3.63, 3.8) is 0 Å². The number of amides is 1. The van der Waals surface area contributed by atoms with Crippen LogP contribution in [0.15, 0.2) is 66.7 Å². The highest BCUT2D eigenvalue weighted by Crippen LogP contribution is 2.31. The average molecular weight is 419 g/mol. The standard InChI is InChI=1S/C25H22FNO4/c1-27(15-16-8-11-22(30-2)21(26)12-16)24(28)18-9-10-20-19(13-18)14-23(31-25(20)29)17-6-4-3-5-7-17/h3-13,23H,14-15H2,1-2H3. The van der Waals surface area contributed by atoms with Gasteiger partial charge >= 0.3 is 5.97 Å². The van der Waals surface area contributed by atoms with Gasteiger partial charge < -0.3 is 14.4 Å². The molecule has 1 amide bonds. The number of halogens is 1. The van der Waals surface area contributed by atoms with Gasteiger partial charge in [0.05, 0.1) is 12.7 Å².